The van der Waals surface area contributed by atoms with Crippen LogP contribution < -0.4 is 9.64 Å². The maximum Gasteiger partial charge on any atom is 0.264 e. The maximum absolute atomic E-state index is 13.6. The summed E-state index contributed by atoms with van der Waals surface area (Å²) in [6, 6.07) is 5.33. The number of hydrogen-bond acceptors (Lipinski definition) is 6. The molecule has 3 aliphatic heterocycles. The third kappa shape index (κ3) is 3.37. The maximum atomic E-state index is 13.6. The first-order valence-electron chi connectivity index (χ1n) is 11.3. The highest BCUT2D eigenvalue weighted by Gasteiger charge is 2.66. The van der Waals surface area contributed by atoms with Crippen LogP contribution in [0.25, 0.3) is 0 Å². The number of methoxy groups -OCH3 is 1. The minimum Gasteiger partial charge on any atom is -0.497 e. The summed E-state index contributed by atoms with van der Waals surface area (Å²) in [5.74, 6) is 0.0357. The molecule has 0 aliphatic carbocycles. The Kier molecular flexibility index (Phi) is 5.90. The molecule has 1 spiro atoms. The van der Waals surface area contributed by atoms with Gasteiger partial charge in [0.05, 0.1) is 38.0 Å². The van der Waals surface area contributed by atoms with Crippen LogP contribution in [0.1, 0.15) is 31.7 Å². The second kappa shape index (κ2) is 8.13. The molecule has 8 nitrogen and oxygen atoms in total. The van der Waals surface area contributed by atoms with Gasteiger partial charge in [-0.1, -0.05) is 6.92 Å². The van der Waals surface area contributed by atoms with Gasteiger partial charge in [0.1, 0.15) is 5.75 Å². The zero-order valence-corrected chi connectivity index (χ0v) is 20.5. The van der Waals surface area contributed by atoms with Gasteiger partial charge in [0, 0.05) is 30.6 Å². The Balaban J connectivity index is 1.73. The Morgan fingerprint density at radius 1 is 1.38 bits per heavy atom. The first-order chi connectivity index (χ1) is 15.1. The van der Waals surface area contributed by atoms with Gasteiger partial charge in [0.25, 0.3) is 5.91 Å². The van der Waals surface area contributed by atoms with Gasteiger partial charge in [-0.2, -0.15) is 0 Å². The standard InChI is InChI=1S/C23H34N2O6Si/c1-14-21(32(4,5)29)19(12-20(27)25-10-6-7-15(25)13-26)31-23(14)17-11-16(30-3)8-9-18(17)24(2)22(23)28/h8-9,11,14-15,19,21,26,29H,6-7,10,12-13H2,1-5H3/t14-,15-,19+,21-,23+/m0/s1. The summed E-state index contributed by atoms with van der Waals surface area (Å²) in [4.78, 5) is 41.4. The number of aliphatic hydroxyl groups is 1. The molecule has 0 bridgehead atoms. The van der Waals surface area contributed by atoms with E-state index in [0.717, 1.165) is 24.1 Å². The fraction of sp³-hybridized carbons (Fsp3) is 0.652. The number of carbonyl (C=O) groups excluding carboxylic acids is 2. The van der Waals surface area contributed by atoms with E-state index in [1.807, 2.05) is 38.2 Å². The third-order valence-corrected chi connectivity index (χ3v) is 10.1. The Hall–Kier alpha value is -1.94. The molecule has 5 atom stereocenters. The van der Waals surface area contributed by atoms with Crippen LogP contribution in [0.15, 0.2) is 18.2 Å². The molecule has 1 aromatic rings. The summed E-state index contributed by atoms with van der Waals surface area (Å²) in [5, 5.41) is 9.64. The minimum atomic E-state index is -2.82. The van der Waals surface area contributed by atoms with Crippen molar-refractivity contribution in [1.82, 2.24) is 4.90 Å². The molecule has 0 aromatic heterocycles. The zero-order valence-electron chi connectivity index (χ0n) is 19.5. The van der Waals surface area contributed by atoms with E-state index in [-0.39, 0.29) is 42.3 Å². The van der Waals surface area contributed by atoms with Crippen LogP contribution in [-0.2, 0) is 19.9 Å². The molecule has 4 rings (SSSR count). The Morgan fingerprint density at radius 2 is 2.09 bits per heavy atom. The summed E-state index contributed by atoms with van der Waals surface area (Å²) in [7, 11) is 0.487. The number of rotatable bonds is 5. The zero-order chi connectivity index (χ0) is 23.4. The van der Waals surface area contributed by atoms with Gasteiger partial charge in [-0.3, -0.25) is 9.59 Å². The average molecular weight is 463 g/mol. The first kappa shape index (κ1) is 23.2. The normalized spacial score (nSPS) is 32.2. The number of aliphatic hydroxyl groups excluding tert-OH is 1. The number of benzene rings is 1. The van der Waals surface area contributed by atoms with Crippen LogP contribution in [0, 0.1) is 5.92 Å². The quantitative estimate of drug-likeness (QED) is 0.648. The lowest BCUT2D eigenvalue weighted by molar-refractivity contribution is -0.149. The van der Waals surface area contributed by atoms with Crippen LogP contribution in [0.4, 0.5) is 5.69 Å². The van der Waals surface area contributed by atoms with Crippen LogP contribution >= 0.6 is 0 Å². The highest BCUT2D eigenvalue weighted by atomic mass is 28.4. The molecule has 32 heavy (non-hydrogen) atoms. The minimum absolute atomic E-state index is 0.0578. The van der Waals surface area contributed by atoms with Gasteiger partial charge in [-0.05, 0) is 44.1 Å². The number of hydrogen-bond donors (Lipinski definition) is 2. The number of amides is 2. The van der Waals surface area contributed by atoms with Crippen molar-refractivity contribution < 1.29 is 29.0 Å². The fourth-order valence-electron chi connectivity index (χ4n) is 6.13. The van der Waals surface area contributed by atoms with Crippen LogP contribution in [0.3, 0.4) is 0 Å². The van der Waals surface area contributed by atoms with E-state index in [1.54, 1.807) is 24.0 Å². The lowest BCUT2D eigenvalue weighted by Gasteiger charge is -2.32. The van der Waals surface area contributed by atoms with E-state index in [0.29, 0.717) is 12.3 Å². The van der Waals surface area contributed by atoms with Crippen molar-refractivity contribution >= 4 is 25.8 Å². The smallest absolute Gasteiger partial charge is 0.264 e. The highest BCUT2D eigenvalue weighted by Crippen LogP contribution is 2.59. The van der Waals surface area contributed by atoms with Crippen molar-refractivity contribution in [3.05, 3.63) is 23.8 Å². The molecule has 2 fully saturated rings. The summed E-state index contributed by atoms with van der Waals surface area (Å²) in [6.45, 7) is 6.19. The van der Waals surface area contributed by atoms with Gasteiger partial charge in [0.15, 0.2) is 13.9 Å². The Bertz CT molecular complexity index is 918. The predicted octanol–water partition coefficient (Wildman–Crippen LogP) is 1.84. The van der Waals surface area contributed by atoms with Crippen molar-refractivity contribution in [1.29, 1.82) is 0 Å². The Labute approximate surface area is 190 Å². The summed E-state index contributed by atoms with van der Waals surface area (Å²) in [6.07, 6.45) is 1.15. The lowest BCUT2D eigenvalue weighted by Crippen LogP contribution is -2.45. The molecule has 176 valence electrons. The summed E-state index contributed by atoms with van der Waals surface area (Å²) >= 11 is 0. The topological polar surface area (TPSA) is 99.5 Å². The highest BCUT2D eigenvalue weighted by molar-refractivity contribution is 6.71. The first-order valence-corrected chi connectivity index (χ1v) is 14.4. The molecule has 0 unspecified atom stereocenters. The molecule has 0 saturated carbocycles. The van der Waals surface area contributed by atoms with Gasteiger partial charge < -0.3 is 29.2 Å². The average Bonchev–Trinajstić information content (AvgIpc) is 3.39. The van der Waals surface area contributed by atoms with Gasteiger partial charge in [-0.25, -0.2) is 0 Å². The lowest BCUT2D eigenvalue weighted by atomic mass is 9.82. The number of nitrogens with zero attached hydrogens (tertiary/aromatic N) is 2. The van der Waals surface area contributed by atoms with E-state index < -0.39 is 20.0 Å². The molecule has 1 aromatic carbocycles. The molecule has 0 radical (unpaired) electrons. The molecule has 2 N–H and O–H groups in total. The fourth-order valence-corrected chi connectivity index (χ4v) is 8.69. The summed E-state index contributed by atoms with van der Waals surface area (Å²) < 4.78 is 12.0. The second-order valence-electron chi connectivity index (χ2n) is 9.88. The molecule has 3 heterocycles. The van der Waals surface area contributed by atoms with Gasteiger partial charge in [0.2, 0.25) is 5.91 Å². The molecule has 2 amide bonds. The van der Waals surface area contributed by atoms with Crippen molar-refractivity contribution in [2.24, 2.45) is 5.92 Å². The van der Waals surface area contributed by atoms with Gasteiger partial charge >= 0.3 is 0 Å². The van der Waals surface area contributed by atoms with E-state index in [2.05, 4.69) is 0 Å². The van der Waals surface area contributed by atoms with Crippen molar-refractivity contribution in [2.75, 3.05) is 32.2 Å². The summed E-state index contributed by atoms with van der Waals surface area (Å²) in [5.41, 5.74) is -0.0888. The third-order valence-electron chi connectivity index (χ3n) is 7.61. The van der Waals surface area contributed by atoms with Crippen molar-refractivity contribution in [3.63, 3.8) is 0 Å². The van der Waals surface area contributed by atoms with Crippen LogP contribution in [-0.4, -0.2) is 74.4 Å². The SMILES string of the molecule is COc1ccc2c(c1)[C@@]1(O[C@H](CC(=O)N3CCC[C@H]3CO)[C@@H]([Si](C)(C)O)[C@@H]1C)C(=O)N2C. The number of ether oxygens (including phenoxy) is 2. The largest absolute Gasteiger partial charge is 0.497 e. The van der Waals surface area contributed by atoms with Crippen molar-refractivity contribution in [2.45, 2.75) is 62.6 Å². The second-order valence-corrected chi connectivity index (χ2v) is 13.9. The van der Waals surface area contributed by atoms with E-state index in [4.69, 9.17) is 9.47 Å². The van der Waals surface area contributed by atoms with E-state index >= 15 is 0 Å². The molecule has 3 aliphatic rings. The van der Waals surface area contributed by atoms with Crippen LogP contribution in [0.5, 0.6) is 5.75 Å². The molecule has 9 heteroatoms. The molecule has 2 saturated heterocycles. The number of likely N-dealkylation sites (N-methyl/N-ethyl adjacent to an activating group) is 1. The number of carbonyl (C=O) groups is 2. The van der Waals surface area contributed by atoms with Crippen molar-refractivity contribution in [3.8, 4) is 5.75 Å². The number of fused-ring (bicyclic) bond motifs is 2. The Morgan fingerprint density at radius 3 is 2.72 bits per heavy atom. The van der Waals surface area contributed by atoms with Crippen LogP contribution in [0.2, 0.25) is 18.6 Å². The molecular formula is C23H34N2O6Si. The number of likely N-dealkylation sites (tertiary alicyclic amines) is 1. The van der Waals surface area contributed by atoms with Gasteiger partial charge in [-0.15, -0.1) is 0 Å². The predicted molar refractivity (Wildman–Crippen MR) is 122 cm³/mol. The van der Waals surface area contributed by atoms with E-state index in [9.17, 15) is 19.5 Å². The molecular weight excluding hydrogens is 428 g/mol. The van der Waals surface area contributed by atoms with E-state index in [1.165, 1.54) is 0 Å². The monoisotopic (exact) mass is 462 g/mol. The number of anilines is 1.